The molecular weight excluding hydrogens is 330 g/mol. The summed E-state index contributed by atoms with van der Waals surface area (Å²) in [5, 5.41) is 4.31. The normalized spacial score (nSPS) is 15.0. The first kappa shape index (κ1) is 16.1. The molecule has 0 amide bonds. The Morgan fingerprint density at radius 1 is 1.29 bits per heavy atom. The fourth-order valence-electron chi connectivity index (χ4n) is 1.49. The van der Waals surface area contributed by atoms with Gasteiger partial charge in [-0.05, 0) is 24.6 Å². The van der Waals surface area contributed by atoms with Crippen LogP contribution in [-0.4, -0.2) is 16.3 Å². The first-order chi connectivity index (χ1) is 9.61. The van der Waals surface area contributed by atoms with E-state index in [1.165, 1.54) is 6.07 Å². The van der Waals surface area contributed by atoms with Gasteiger partial charge in [0.25, 0.3) is 5.89 Å². The Balaban J connectivity index is 2.25. The van der Waals surface area contributed by atoms with Crippen LogP contribution in [0.5, 0.6) is 0 Å². The molecule has 0 saturated carbocycles. The molecule has 1 atom stereocenters. The number of nitrogens with zero attached hydrogens (tertiary/aromatic N) is 2. The van der Waals surface area contributed by atoms with Gasteiger partial charge in [0, 0.05) is 16.5 Å². The molecule has 2 aromatic rings. The van der Waals surface area contributed by atoms with Gasteiger partial charge in [0.05, 0.1) is 0 Å². The Bertz CT molecular complexity index is 655. The fourth-order valence-corrected chi connectivity index (χ4v) is 1.97. The van der Waals surface area contributed by atoms with Crippen LogP contribution < -0.4 is 5.73 Å². The largest absolute Gasteiger partial charge is 0.415 e. The maximum absolute atomic E-state index is 12.8. The first-order valence-corrected chi connectivity index (χ1v) is 6.49. The highest BCUT2D eigenvalue weighted by Crippen LogP contribution is 2.35. The highest BCUT2D eigenvalue weighted by atomic mass is 35.5. The Hall–Kier alpha value is -1.31. The monoisotopic (exact) mass is 339 g/mol. The summed E-state index contributed by atoms with van der Waals surface area (Å²) in [6, 6.07) is 4.75. The highest BCUT2D eigenvalue weighted by molar-refractivity contribution is 6.35. The van der Waals surface area contributed by atoms with Crippen LogP contribution in [0.2, 0.25) is 10.0 Å². The minimum atomic E-state index is -4.70. The summed E-state index contributed by atoms with van der Waals surface area (Å²) in [5.41, 5.74) is 3.11. The molecule has 0 saturated heterocycles. The van der Waals surface area contributed by atoms with E-state index in [2.05, 4.69) is 14.7 Å². The van der Waals surface area contributed by atoms with Gasteiger partial charge in [0.15, 0.2) is 11.4 Å². The van der Waals surface area contributed by atoms with Crippen LogP contribution >= 0.6 is 23.2 Å². The molecule has 0 aliphatic heterocycles. The summed E-state index contributed by atoms with van der Waals surface area (Å²) in [6.07, 6.45) is -4.60. The van der Waals surface area contributed by atoms with E-state index < -0.39 is 17.6 Å². The molecule has 9 heteroatoms. The third-order valence-corrected chi connectivity index (χ3v) is 3.45. The van der Waals surface area contributed by atoms with Crippen molar-refractivity contribution in [3.63, 3.8) is 0 Å². The van der Waals surface area contributed by atoms with Gasteiger partial charge in [0.1, 0.15) is 0 Å². The van der Waals surface area contributed by atoms with E-state index in [0.29, 0.717) is 15.6 Å². The Labute approximate surface area is 128 Å². The molecule has 114 valence electrons. The molecule has 0 spiro atoms. The Morgan fingerprint density at radius 3 is 2.52 bits per heavy atom. The van der Waals surface area contributed by atoms with E-state index in [9.17, 15) is 13.2 Å². The molecule has 1 aromatic carbocycles. The molecular formula is C12H10Cl2F3N3O. The number of rotatable bonds is 3. The van der Waals surface area contributed by atoms with E-state index in [0.717, 1.165) is 6.92 Å². The van der Waals surface area contributed by atoms with Gasteiger partial charge < -0.3 is 10.3 Å². The van der Waals surface area contributed by atoms with Crippen LogP contribution in [0.1, 0.15) is 24.2 Å². The zero-order chi connectivity index (χ0) is 15.8. The van der Waals surface area contributed by atoms with E-state index in [4.69, 9.17) is 28.9 Å². The van der Waals surface area contributed by atoms with Gasteiger partial charge in [-0.3, -0.25) is 0 Å². The second-order valence-electron chi connectivity index (χ2n) is 4.63. The number of nitrogens with two attached hydrogens (primary N) is 1. The molecule has 0 aliphatic rings. The molecule has 0 radical (unpaired) electrons. The van der Waals surface area contributed by atoms with Gasteiger partial charge in [0.2, 0.25) is 0 Å². The van der Waals surface area contributed by atoms with Crippen LogP contribution in [0.25, 0.3) is 0 Å². The molecule has 1 unspecified atom stereocenters. The fraction of sp³-hybridized carbons (Fsp3) is 0.333. The van der Waals surface area contributed by atoms with Crippen molar-refractivity contribution in [1.82, 2.24) is 10.1 Å². The summed E-state index contributed by atoms with van der Waals surface area (Å²) >= 11 is 11.7. The van der Waals surface area contributed by atoms with E-state index in [1.54, 1.807) is 12.1 Å². The van der Waals surface area contributed by atoms with Gasteiger partial charge in [-0.2, -0.15) is 18.2 Å². The van der Waals surface area contributed by atoms with Gasteiger partial charge in [-0.1, -0.05) is 34.4 Å². The smallest absolute Gasteiger partial charge is 0.337 e. The number of halogens is 5. The third-order valence-electron chi connectivity index (χ3n) is 2.86. The van der Waals surface area contributed by atoms with E-state index in [1.807, 2.05) is 0 Å². The highest BCUT2D eigenvalue weighted by Gasteiger charge is 2.53. The Morgan fingerprint density at radius 2 is 1.95 bits per heavy atom. The minimum Gasteiger partial charge on any atom is -0.337 e. The average molecular weight is 340 g/mol. The summed E-state index contributed by atoms with van der Waals surface area (Å²) in [6.45, 7) is 0.763. The topological polar surface area (TPSA) is 64.9 Å². The molecule has 21 heavy (non-hydrogen) atoms. The Kier molecular flexibility index (Phi) is 4.19. The van der Waals surface area contributed by atoms with Crippen molar-refractivity contribution in [3.05, 3.63) is 45.5 Å². The van der Waals surface area contributed by atoms with Crippen molar-refractivity contribution in [1.29, 1.82) is 0 Å². The zero-order valence-corrected chi connectivity index (χ0v) is 12.2. The molecule has 2 N–H and O–H groups in total. The first-order valence-electron chi connectivity index (χ1n) is 5.74. The van der Waals surface area contributed by atoms with Crippen LogP contribution in [0.4, 0.5) is 13.2 Å². The van der Waals surface area contributed by atoms with Crippen molar-refractivity contribution in [2.45, 2.75) is 25.1 Å². The van der Waals surface area contributed by atoms with Crippen molar-refractivity contribution in [2.75, 3.05) is 0 Å². The number of aromatic nitrogens is 2. The molecule has 4 nitrogen and oxygen atoms in total. The standard InChI is InChI=1S/C12H10Cl2F3N3O/c1-11(18,12(15,16)17)10-19-9(20-21-10)4-6-2-3-7(13)5-8(6)14/h2-3,5H,4,18H2,1H3. The van der Waals surface area contributed by atoms with E-state index >= 15 is 0 Å². The number of hydrogen-bond acceptors (Lipinski definition) is 4. The lowest BCUT2D eigenvalue weighted by Gasteiger charge is -2.22. The van der Waals surface area contributed by atoms with Crippen molar-refractivity contribution in [3.8, 4) is 0 Å². The molecule has 1 aromatic heterocycles. The summed E-state index contributed by atoms with van der Waals surface area (Å²) in [5.74, 6) is -0.648. The van der Waals surface area contributed by atoms with Crippen molar-refractivity contribution in [2.24, 2.45) is 5.73 Å². The quantitative estimate of drug-likeness (QED) is 0.925. The van der Waals surface area contributed by atoms with Gasteiger partial charge in [-0.25, -0.2) is 0 Å². The molecule has 0 bridgehead atoms. The summed E-state index contributed by atoms with van der Waals surface area (Å²) in [4.78, 5) is 3.69. The summed E-state index contributed by atoms with van der Waals surface area (Å²) in [7, 11) is 0. The predicted molar refractivity (Wildman–Crippen MR) is 71.2 cm³/mol. The maximum Gasteiger partial charge on any atom is 0.415 e. The van der Waals surface area contributed by atoms with E-state index in [-0.39, 0.29) is 12.2 Å². The lowest BCUT2D eigenvalue weighted by atomic mass is 10.0. The van der Waals surface area contributed by atoms with Gasteiger partial charge >= 0.3 is 6.18 Å². The van der Waals surface area contributed by atoms with Crippen molar-refractivity contribution >= 4 is 23.2 Å². The van der Waals surface area contributed by atoms with Crippen LogP contribution in [0.3, 0.4) is 0 Å². The van der Waals surface area contributed by atoms with Crippen LogP contribution in [-0.2, 0) is 12.0 Å². The van der Waals surface area contributed by atoms with Crippen LogP contribution in [0, 0.1) is 0 Å². The lowest BCUT2D eigenvalue weighted by molar-refractivity contribution is -0.190. The van der Waals surface area contributed by atoms with Crippen LogP contribution in [0.15, 0.2) is 22.7 Å². The zero-order valence-electron chi connectivity index (χ0n) is 10.7. The molecule has 0 fully saturated rings. The maximum atomic E-state index is 12.8. The average Bonchev–Trinajstić information content (AvgIpc) is 2.80. The molecule has 2 rings (SSSR count). The minimum absolute atomic E-state index is 0.0511. The second kappa shape index (κ2) is 5.47. The van der Waals surface area contributed by atoms with Crippen molar-refractivity contribution < 1.29 is 17.7 Å². The second-order valence-corrected chi connectivity index (χ2v) is 5.47. The number of benzene rings is 1. The number of alkyl halides is 3. The third kappa shape index (κ3) is 3.30. The molecule has 1 heterocycles. The molecule has 0 aliphatic carbocycles. The SMILES string of the molecule is CC(N)(c1nc(Cc2ccc(Cl)cc2Cl)no1)C(F)(F)F. The summed E-state index contributed by atoms with van der Waals surface area (Å²) < 4.78 is 42.9. The number of hydrogen-bond donors (Lipinski definition) is 1. The lowest BCUT2D eigenvalue weighted by Crippen LogP contribution is -2.48. The van der Waals surface area contributed by atoms with Gasteiger partial charge in [-0.15, -0.1) is 0 Å². The predicted octanol–water partition coefficient (Wildman–Crippen LogP) is 3.70.